The smallest absolute Gasteiger partial charge is 0.177 e. The van der Waals surface area contributed by atoms with Crippen molar-refractivity contribution in [2.75, 3.05) is 5.32 Å². The number of hydrogen-bond donors (Lipinski definition) is 1. The molecule has 0 saturated heterocycles. The number of carbonyl (C=O) groups excluding carboxylic acids is 1. The summed E-state index contributed by atoms with van der Waals surface area (Å²) in [4.78, 5) is 13.9. The molecule has 0 bridgehead atoms. The quantitative estimate of drug-likeness (QED) is 0.392. The largest absolute Gasteiger partial charge is 0.354 e. The minimum Gasteiger partial charge on any atom is -0.354 e. The Labute approximate surface area is 180 Å². The molecule has 4 aromatic carbocycles. The third kappa shape index (κ3) is 3.55. The van der Waals surface area contributed by atoms with E-state index in [0.29, 0.717) is 16.8 Å². The van der Waals surface area contributed by atoms with E-state index in [1.54, 1.807) is 6.07 Å². The van der Waals surface area contributed by atoms with Gasteiger partial charge in [0.25, 0.3) is 0 Å². The first-order valence-electron chi connectivity index (χ1n) is 10.2. The number of fused-ring (bicyclic) bond motifs is 1. The molecule has 31 heavy (non-hydrogen) atoms. The summed E-state index contributed by atoms with van der Waals surface area (Å²) in [6, 6.07) is 33.7. The molecule has 0 aliphatic heterocycles. The van der Waals surface area contributed by atoms with Crippen LogP contribution < -0.4 is 5.32 Å². The van der Waals surface area contributed by atoms with Crippen LogP contribution in [0.2, 0.25) is 0 Å². The van der Waals surface area contributed by atoms with Crippen LogP contribution in [-0.4, -0.2) is 5.78 Å². The Morgan fingerprint density at radius 3 is 2.16 bits per heavy atom. The topological polar surface area (TPSA) is 29.1 Å². The molecular formula is C28H20FNO. The zero-order valence-electron chi connectivity index (χ0n) is 16.8. The van der Waals surface area contributed by atoms with E-state index in [0.717, 1.165) is 22.4 Å². The Morgan fingerprint density at radius 1 is 0.742 bits per heavy atom. The molecule has 3 heteroatoms. The van der Waals surface area contributed by atoms with Gasteiger partial charge in [0.05, 0.1) is 17.2 Å². The second kappa shape index (κ2) is 8.04. The van der Waals surface area contributed by atoms with Crippen LogP contribution in [0.3, 0.4) is 0 Å². The average molecular weight is 405 g/mol. The molecule has 1 aliphatic carbocycles. The second-order valence-corrected chi connectivity index (χ2v) is 7.55. The normalized spacial score (nSPS) is 16.7. The van der Waals surface area contributed by atoms with Crippen LogP contribution in [-0.2, 0) is 4.79 Å². The van der Waals surface area contributed by atoms with Crippen molar-refractivity contribution >= 4 is 22.7 Å². The fourth-order valence-corrected chi connectivity index (χ4v) is 4.22. The summed E-state index contributed by atoms with van der Waals surface area (Å²) in [6.07, 6.45) is 0. The van der Waals surface area contributed by atoms with Crippen LogP contribution in [0.25, 0.3) is 11.3 Å². The average Bonchev–Trinajstić information content (AvgIpc) is 3.10. The van der Waals surface area contributed by atoms with E-state index in [-0.39, 0.29) is 17.5 Å². The third-order valence-corrected chi connectivity index (χ3v) is 5.59. The summed E-state index contributed by atoms with van der Waals surface area (Å²) in [5.74, 6) is -0.715. The number of benzene rings is 4. The predicted molar refractivity (Wildman–Crippen MR) is 123 cm³/mol. The number of carbonyl (C=O) groups is 1. The molecule has 0 spiro atoms. The third-order valence-electron chi connectivity index (χ3n) is 5.59. The highest BCUT2D eigenvalue weighted by Gasteiger charge is 2.38. The highest BCUT2D eigenvalue weighted by atomic mass is 19.1. The highest BCUT2D eigenvalue weighted by Crippen LogP contribution is 2.45. The fourth-order valence-electron chi connectivity index (χ4n) is 4.22. The molecule has 1 atom stereocenters. The number of anilines is 1. The molecule has 1 N–H and O–H groups in total. The number of allylic oxidation sites excluding steroid dienone is 1. The molecule has 0 saturated carbocycles. The van der Waals surface area contributed by atoms with E-state index in [2.05, 4.69) is 5.32 Å². The van der Waals surface area contributed by atoms with Gasteiger partial charge in [-0.05, 0) is 41.0 Å². The highest BCUT2D eigenvalue weighted by molar-refractivity contribution is 6.35. The fraction of sp³-hybridized carbons (Fsp3) is 0.0357. The molecule has 0 amide bonds. The van der Waals surface area contributed by atoms with Crippen molar-refractivity contribution in [1.29, 1.82) is 0 Å². The van der Waals surface area contributed by atoms with Crippen LogP contribution in [0.4, 0.5) is 10.1 Å². The summed E-state index contributed by atoms with van der Waals surface area (Å²) < 4.78 is 14.2. The van der Waals surface area contributed by atoms with Crippen molar-refractivity contribution in [2.45, 2.75) is 5.92 Å². The molecule has 0 fully saturated rings. The van der Waals surface area contributed by atoms with Gasteiger partial charge in [0, 0.05) is 11.3 Å². The van der Waals surface area contributed by atoms with E-state index in [9.17, 15) is 9.18 Å². The molecular weight excluding hydrogens is 385 g/mol. The van der Waals surface area contributed by atoms with Crippen molar-refractivity contribution in [3.8, 4) is 0 Å². The van der Waals surface area contributed by atoms with Crippen molar-refractivity contribution in [3.05, 3.63) is 137 Å². The first-order valence-corrected chi connectivity index (χ1v) is 10.2. The van der Waals surface area contributed by atoms with Gasteiger partial charge < -0.3 is 5.32 Å². The number of ketones is 1. The van der Waals surface area contributed by atoms with Crippen LogP contribution in [0.5, 0.6) is 0 Å². The van der Waals surface area contributed by atoms with Crippen LogP contribution in [0.15, 0.2) is 109 Å². The van der Waals surface area contributed by atoms with Crippen molar-refractivity contribution in [3.63, 3.8) is 0 Å². The zero-order chi connectivity index (χ0) is 21.2. The van der Waals surface area contributed by atoms with Crippen LogP contribution in [0.1, 0.15) is 28.2 Å². The van der Waals surface area contributed by atoms with E-state index >= 15 is 0 Å². The second-order valence-electron chi connectivity index (χ2n) is 7.55. The maximum atomic E-state index is 14.2. The van der Waals surface area contributed by atoms with Gasteiger partial charge in [0.2, 0.25) is 0 Å². The first-order chi connectivity index (χ1) is 15.2. The molecule has 4 aromatic rings. The monoisotopic (exact) mass is 405 g/mol. The molecule has 1 aliphatic rings. The number of halogens is 1. The van der Waals surface area contributed by atoms with E-state index in [1.807, 2.05) is 91.0 Å². The summed E-state index contributed by atoms with van der Waals surface area (Å²) in [5.41, 5.74) is 5.47. The van der Waals surface area contributed by atoms with E-state index in [4.69, 9.17) is 0 Å². The van der Waals surface area contributed by atoms with Crippen molar-refractivity contribution in [1.82, 2.24) is 0 Å². The molecule has 150 valence electrons. The summed E-state index contributed by atoms with van der Waals surface area (Å²) in [6.45, 7) is 0. The number of para-hydroxylation sites is 1. The lowest BCUT2D eigenvalue weighted by Crippen LogP contribution is -2.11. The van der Waals surface area contributed by atoms with E-state index in [1.165, 1.54) is 12.1 Å². The van der Waals surface area contributed by atoms with Gasteiger partial charge in [0.15, 0.2) is 5.78 Å². The van der Waals surface area contributed by atoms with Crippen molar-refractivity contribution < 1.29 is 9.18 Å². The van der Waals surface area contributed by atoms with Crippen molar-refractivity contribution in [2.24, 2.45) is 0 Å². The van der Waals surface area contributed by atoms with Crippen LogP contribution in [0, 0.1) is 5.82 Å². The Kier molecular flexibility index (Phi) is 4.93. The minimum atomic E-state index is -0.381. The number of Topliss-reactive ketones (excluding diaryl/α,β-unsaturated/α-hetero) is 1. The Hall–Kier alpha value is -3.98. The van der Waals surface area contributed by atoms with Gasteiger partial charge in [-0.25, -0.2) is 4.39 Å². The van der Waals surface area contributed by atoms with Gasteiger partial charge in [-0.1, -0.05) is 84.9 Å². The van der Waals surface area contributed by atoms with Gasteiger partial charge in [0.1, 0.15) is 5.82 Å². The Morgan fingerprint density at radius 2 is 1.42 bits per heavy atom. The van der Waals surface area contributed by atoms with E-state index < -0.39 is 0 Å². The SMILES string of the molecule is O=C1/C(=C(\Nc2ccccc2)c2cccc(F)c2)c2ccccc2C1c1ccccc1. The lowest BCUT2D eigenvalue weighted by molar-refractivity contribution is -0.113. The first kappa shape index (κ1) is 19.0. The van der Waals surface area contributed by atoms with Gasteiger partial charge in [-0.3, -0.25) is 4.79 Å². The number of hydrogen-bond acceptors (Lipinski definition) is 2. The minimum absolute atomic E-state index is 0.00934. The standard InChI is InChI=1S/C28H20FNO/c29-21-13-9-12-20(18-21)27(30-22-14-5-2-6-15-22)26-24-17-8-7-16-23(24)25(28(26)31)19-10-3-1-4-11-19/h1-18,25,30H/b27-26-. The summed E-state index contributed by atoms with van der Waals surface area (Å²) >= 11 is 0. The summed E-state index contributed by atoms with van der Waals surface area (Å²) in [5, 5.41) is 3.40. The summed E-state index contributed by atoms with van der Waals surface area (Å²) in [7, 11) is 0. The van der Waals surface area contributed by atoms with Gasteiger partial charge in [-0.2, -0.15) is 0 Å². The maximum absolute atomic E-state index is 14.2. The lowest BCUT2D eigenvalue weighted by Gasteiger charge is -2.16. The number of nitrogens with one attached hydrogen (secondary N) is 1. The lowest BCUT2D eigenvalue weighted by atomic mass is 9.92. The maximum Gasteiger partial charge on any atom is 0.177 e. The molecule has 0 heterocycles. The van der Waals surface area contributed by atoms with Crippen LogP contribution >= 0.6 is 0 Å². The Balaban J connectivity index is 1.75. The number of rotatable bonds is 4. The molecule has 5 rings (SSSR count). The molecule has 1 unspecified atom stereocenters. The molecule has 0 aromatic heterocycles. The molecule has 0 radical (unpaired) electrons. The Bertz CT molecular complexity index is 1280. The predicted octanol–water partition coefficient (Wildman–Crippen LogP) is 6.52. The zero-order valence-corrected chi connectivity index (χ0v) is 16.8. The molecule has 2 nitrogen and oxygen atoms in total. The van der Waals surface area contributed by atoms with Gasteiger partial charge in [-0.15, -0.1) is 0 Å². The van der Waals surface area contributed by atoms with Gasteiger partial charge >= 0.3 is 0 Å².